The van der Waals surface area contributed by atoms with Gasteiger partial charge in [-0.3, -0.25) is 9.78 Å². The summed E-state index contributed by atoms with van der Waals surface area (Å²) in [5, 5.41) is 16.0. The zero-order valence-corrected chi connectivity index (χ0v) is 17.2. The molecule has 33 heavy (non-hydrogen) atoms. The largest absolute Gasteiger partial charge is 0.454 e. The number of ether oxygens (including phenoxy) is 2. The third kappa shape index (κ3) is 3.51. The third-order valence-corrected chi connectivity index (χ3v) is 5.21. The molecule has 4 heterocycles. The Balaban J connectivity index is 1.30. The highest BCUT2D eigenvalue weighted by atomic mass is 16.7. The Morgan fingerprint density at radius 2 is 1.82 bits per heavy atom. The van der Waals surface area contributed by atoms with Gasteiger partial charge in [0, 0.05) is 23.0 Å². The molecule has 9 nitrogen and oxygen atoms in total. The van der Waals surface area contributed by atoms with Gasteiger partial charge in [-0.25, -0.2) is 0 Å². The summed E-state index contributed by atoms with van der Waals surface area (Å²) >= 11 is 0. The second kappa shape index (κ2) is 7.72. The number of hydrogen-bond donors (Lipinski definition) is 1. The van der Waals surface area contributed by atoms with Crippen molar-refractivity contribution in [3.8, 4) is 34.3 Å². The number of carbonyl (C=O) groups excluding carboxylic acids is 1. The van der Waals surface area contributed by atoms with E-state index in [0.717, 1.165) is 5.56 Å². The number of benzene rings is 2. The molecule has 0 aliphatic carbocycles. The minimum atomic E-state index is -0.245. The van der Waals surface area contributed by atoms with Crippen LogP contribution in [0.2, 0.25) is 0 Å². The minimum Gasteiger partial charge on any atom is -0.454 e. The van der Waals surface area contributed by atoms with Gasteiger partial charge in [-0.1, -0.05) is 18.2 Å². The van der Waals surface area contributed by atoms with Gasteiger partial charge in [-0.05, 0) is 54.6 Å². The molecule has 0 radical (unpaired) electrons. The molecule has 0 saturated heterocycles. The van der Waals surface area contributed by atoms with E-state index in [-0.39, 0.29) is 12.7 Å². The average Bonchev–Trinajstić information content (AvgIpc) is 3.51. The van der Waals surface area contributed by atoms with Crippen LogP contribution in [0, 0.1) is 0 Å². The molecule has 3 aromatic heterocycles. The van der Waals surface area contributed by atoms with Gasteiger partial charge in [0.15, 0.2) is 17.1 Å². The fraction of sp³-hybridized carbons (Fsp3) is 0.0417. The van der Waals surface area contributed by atoms with E-state index in [4.69, 9.17) is 14.6 Å². The van der Waals surface area contributed by atoms with Gasteiger partial charge in [0.25, 0.3) is 5.91 Å². The molecule has 6 rings (SSSR count). The van der Waals surface area contributed by atoms with Crippen molar-refractivity contribution in [2.45, 2.75) is 0 Å². The maximum atomic E-state index is 12.8. The second-order valence-electron chi connectivity index (χ2n) is 7.33. The molecule has 1 N–H and O–H groups in total. The maximum absolute atomic E-state index is 12.8. The van der Waals surface area contributed by atoms with E-state index >= 15 is 0 Å². The quantitative estimate of drug-likeness (QED) is 0.457. The summed E-state index contributed by atoms with van der Waals surface area (Å²) in [5.74, 6) is 1.51. The third-order valence-electron chi connectivity index (χ3n) is 5.21. The molecule has 1 aliphatic heterocycles. The van der Waals surface area contributed by atoms with Gasteiger partial charge in [-0.15, -0.1) is 10.2 Å². The Morgan fingerprint density at radius 3 is 2.73 bits per heavy atom. The van der Waals surface area contributed by atoms with Gasteiger partial charge < -0.3 is 14.8 Å². The number of anilines is 1. The zero-order valence-electron chi connectivity index (χ0n) is 17.2. The van der Waals surface area contributed by atoms with Crippen molar-refractivity contribution < 1.29 is 14.3 Å². The number of aromatic nitrogens is 5. The van der Waals surface area contributed by atoms with Crippen LogP contribution in [0.15, 0.2) is 79.0 Å². The van der Waals surface area contributed by atoms with Crippen molar-refractivity contribution in [2.75, 3.05) is 12.1 Å². The molecule has 0 spiro atoms. The predicted molar refractivity (Wildman–Crippen MR) is 120 cm³/mol. The number of amides is 1. The van der Waals surface area contributed by atoms with Crippen LogP contribution in [0.5, 0.6) is 11.5 Å². The van der Waals surface area contributed by atoms with Crippen LogP contribution in [0.25, 0.3) is 28.4 Å². The first-order chi connectivity index (χ1) is 16.2. The number of fused-ring (bicyclic) bond motifs is 2. The number of hydrogen-bond acceptors (Lipinski definition) is 7. The zero-order chi connectivity index (χ0) is 22.2. The van der Waals surface area contributed by atoms with Crippen LogP contribution >= 0.6 is 0 Å². The topological polar surface area (TPSA) is 104 Å². The standard InChI is InChI=1S/C24H16N6O3/c31-24(16-7-9-20-21(13-16)33-14-32-20)26-17-5-3-4-15(12-17)18-8-10-22-27-28-23(30(22)29-18)19-6-1-2-11-25-19/h1-13H,14H2,(H,26,31). The molecule has 5 aromatic rings. The van der Waals surface area contributed by atoms with E-state index in [9.17, 15) is 4.79 Å². The molecular formula is C24H16N6O3. The molecular weight excluding hydrogens is 420 g/mol. The van der Waals surface area contributed by atoms with Crippen LogP contribution < -0.4 is 14.8 Å². The molecule has 0 unspecified atom stereocenters. The Kier molecular flexibility index (Phi) is 4.43. The first-order valence-electron chi connectivity index (χ1n) is 10.2. The van der Waals surface area contributed by atoms with Crippen LogP contribution in [0.1, 0.15) is 10.4 Å². The lowest BCUT2D eigenvalue weighted by Gasteiger charge is -2.08. The van der Waals surface area contributed by atoms with E-state index in [2.05, 4.69) is 20.5 Å². The van der Waals surface area contributed by atoms with Crippen molar-refractivity contribution in [1.82, 2.24) is 24.8 Å². The van der Waals surface area contributed by atoms with Crippen molar-refractivity contribution in [3.63, 3.8) is 0 Å². The van der Waals surface area contributed by atoms with Gasteiger partial charge in [-0.2, -0.15) is 9.61 Å². The molecule has 0 saturated carbocycles. The Labute approximate surface area is 187 Å². The Bertz CT molecular complexity index is 1500. The summed E-state index contributed by atoms with van der Waals surface area (Å²) in [6.07, 6.45) is 1.70. The fourth-order valence-electron chi connectivity index (χ4n) is 3.59. The summed E-state index contributed by atoms with van der Waals surface area (Å²) in [7, 11) is 0. The molecule has 1 amide bonds. The SMILES string of the molecule is O=C(Nc1cccc(-c2ccc3nnc(-c4ccccn4)n3n2)c1)c1ccc2c(c1)OCO2. The summed E-state index contributed by atoms with van der Waals surface area (Å²) in [5.41, 5.74) is 3.96. The first kappa shape index (κ1) is 18.9. The van der Waals surface area contributed by atoms with Crippen LogP contribution in [0.4, 0.5) is 5.69 Å². The lowest BCUT2D eigenvalue weighted by atomic mass is 10.1. The Hall–Kier alpha value is -4.79. The van der Waals surface area contributed by atoms with E-state index < -0.39 is 0 Å². The van der Waals surface area contributed by atoms with Crippen molar-refractivity contribution in [2.24, 2.45) is 0 Å². The average molecular weight is 436 g/mol. The lowest BCUT2D eigenvalue weighted by molar-refractivity contribution is 0.102. The monoisotopic (exact) mass is 436 g/mol. The van der Waals surface area contributed by atoms with Crippen LogP contribution in [-0.2, 0) is 0 Å². The molecule has 0 atom stereocenters. The minimum absolute atomic E-state index is 0.161. The van der Waals surface area contributed by atoms with Gasteiger partial charge in [0.2, 0.25) is 12.6 Å². The molecule has 1 aliphatic rings. The maximum Gasteiger partial charge on any atom is 0.255 e. The van der Waals surface area contributed by atoms with E-state index in [1.807, 2.05) is 54.6 Å². The molecule has 9 heteroatoms. The van der Waals surface area contributed by atoms with E-state index in [1.54, 1.807) is 28.9 Å². The molecule has 2 aromatic carbocycles. The van der Waals surface area contributed by atoms with Crippen molar-refractivity contribution >= 4 is 17.2 Å². The highest BCUT2D eigenvalue weighted by Gasteiger charge is 2.17. The van der Waals surface area contributed by atoms with Crippen molar-refractivity contribution in [3.05, 3.63) is 84.6 Å². The summed E-state index contributed by atoms with van der Waals surface area (Å²) in [6.45, 7) is 0.161. The Morgan fingerprint density at radius 1 is 0.879 bits per heavy atom. The van der Waals surface area contributed by atoms with Crippen LogP contribution in [0.3, 0.4) is 0 Å². The highest BCUT2D eigenvalue weighted by molar-refractivity contribution is 6.05. The number of rotatable bonds is 4. The summed E-state index contributed by atoms with van der Waals surface area (Å²) < 4.78 is 12.3. The van der Waals surface area contributed by atoms with Gasteiger partial charge in [0.05, 0.1) is 5.69 Å². The number of nitrogens with one attached hydrogen (secondary N) is 1. The van der Waals surface area contributed by atoms with Gasteiger partial charge in [0.1, 0.15) is 5.69 Å². The number of carbonyl (C=O) groups is 1. The normalized spacial score (nSPS) is 12.1. The predicted octanol–water partition coefficient (Wildman–Crippen LogP) is 3.83. The fourth-order valence-corrected chi connectivity index (χ4v) is 3.59. The summed E-state index contributed by atoms with van der Waals surface area (Å²) in [4.78, 5) is 17.1. The summed E-state index contributed by atoms with van der Waals surface area (Å²) in [6, 6.07) is 21.9. The first-order valence-corrected chi connectivity index (χ1v) is 10.2. The van der Waals surface area contributed by atoms with Crippen LogP contribution in [-0.4, -0.2) is 37.5 Å². The lowest BCUT2D eigenvalue weighted by Crippen LogP contribution is -2.11. The smallest absolute Gasteiger partial charge is 0.255 e. The van der Waals surface area contributed by atoms with E-state index in [1.165, 1.54) is 0 Å². The molecule has 0 bridgehead atoms. The van der Waals surface area contributed by atoms with E-state index in [0.29, 0.717) is 45.6 Å². The second-order valence-corrected chi connectivity index (χ2v) is 7.33. The van der Waals surface area contributed by atoms with Crippen molar-refractivity contribution in [1.29, 1.82) is 0 Å². The number of nitrogens with zero attached hydrogens (tertiary/aromatic N) is 5. The highest BCUT2D eigenvalue weighted by Crippen LogP contribution is 2.32. The number of pyridine rings is 1. The molecule has 0 fully saturated rings. The molecule has 160 valence electrons. The van der Waals surface area contributed by atoms with Gasteiger partial charge >= 0.3 is 0 Å².